The van der Waals surface area contributed by atoms with Gasteiger partial charge in [-0.1, -0.05) is 0 Å². The molecule has 1 aliphatic rings. The molecule has 124 valence electrons. The number of amides is 1. The molecular formula is C13H19F3N4OS. The maximum absolute atomic E-state index is 12.1. The number of hydrogen-bond donors (Lipinski definition) is 1. The van der Waals surface area contributed by atoms with E-state index < -0.39 is 24.7 Å². The summed E-state index contributed by atoms with van der Waals surface area (Å²) < 4.78 is 36.4. The molecule has 1 amide bonds. The van der Waals surface area contributed by atoms with E-state index in [4.69, 9.17) is 0 Å². The lowest BCUT2D eigenvalue weighted by Gasteiger charge is -2.37. The number of carbonyl (C=O) groups is 1. The van der Waals surface area contributed by atoms with E-state index in [1.807, 2.05) is 22.5 Å². The quantitative estimate of drug-likeness (QED) is 0.908. The highest BCUT2D eigenvalue weighted by Crippen LogP contribution is 2.22. The Kier molecular flexibility index (Phi) is 5.28. The van der Waals surface area contributed by atoms with Gasteiger partial charge in [0.1, 0.15) is 6.54 Å². The standard InChI is InChI=1S/C13H19F3N4OS/c1-9-7-22-12(18-9)20-5-3-19(4-6-20)10(2)11(21)17-8-13(14,15)16/h7,10H,3-6,8H2,1-2H3,(H,17,21). The van der Waals surface area contributed by atoms with Gasteiger partial charge in [0.25, 0.3) is 0 Å². The second kappa shape index (κ2) is 6.82. The number of piperazine rings is 1. The zero-order valence-corrected chi connectivity index (χ0v) is 13.3. The molecule has 0 radical (unpaired) electrons. The predicted molar refractivity (Wildman–Crippen MR) is 79.2 cm³/mol. The summed E-state index contributed by atoms with van der Waals surface area (Å²) in [6.45, 7) is 4.96. The fraction of sp³-hybridized carbons (Fsp3) is 0.692. The minimum Gasteiger partial charge on any atom is -0.346 e. The number of carbonyl (C=O) groups excluding carboxylic acids is 1. The van der Waals surface area contributed by atoms with Crippen molar-refractivity contribution in [2.75, 3.05) is 37.6 Å². The van der Waals surface area contributed by atoms with E-state index in [0.29, 0.717) is 26.2 Å². The van der Waals surface area contributed by atoms with Gasteiger partial charge in [-0.05, 0) is 13.8 Å². The summed E-state index contributed by atoms with van der Waals surface area (Å²) in [4.78, 5) is 20.2. The molecule has 1 aliphatic heterocycles. The molecule has 5 nitrogen and oxygen atoms in total. The fourth-order valence-corrected chi connectivity index (χ4v) is 3.15. The molecule has 1 saturated heterocycles. The molecule has 0 aromatic carbocycles. The Bertz CT molecular complexity index is 512. The molecular weight excluding hydrogens is 317 g/mol. The first kappa shape index (κ1) is 17.0. The Labute approximate surface area is 131 Å². The number of hydrogen-bond acceptors (Lipinski definition) is 5. The topological polar surface area (TPSA) is 48.5 Å². The monoisotopic (exact) mass is 336 g/mol. The van der Waals surface area contributed by atoms with Crippen LogP contribution < -0.4 is 10.2 Å². The molecule has 2 rings (SSSR count). The van der Waals surface area contributed by atoms with Crippen molar-refractivity contribution in [3.63, 3.8) is 0 Å². The summed E-state index contributed by atoms with van der Waals surface area (Å²) in [7, 11) is 0. The van der Waals surface area contributed by atoms with Gasteiger partial charge >= 0.3 is 6.18 Å². The third-order valence-electron chi connectivity index (χ3n) is 3.58. The summed E-state index contributed by atoms with van der Waals surface area (Å²) in [5.74, 6) is -0.587. The predicted octanol–water partition coefficient (Wildman–Crippen LogP) is 1.64. The number of aryl methyl sites for hydroxylation is 1. The number of aromatic nitrogens is 1. The van der Waals surface area contributed by atoms with Crippen LogP contribution in [0.3, 0.4) is 0 Å². The van der Waals surface area contributed by atoms with Crippen molar-refractivity contribution >= 4 is 22.4 Å². The lowest BCUT2D eigenvalue weighted by Crippen LogP contribution is -2.54. The van der Waals surface area contributed by atoms with E-state index in [9.17, 15) is 18.0 Å². The highest BCUT2D eigenvalue weighted by Gasteiger charge is 2.31. The number of thiazole rings is 1. The number of anilines is 1. The van der Waals surface area contributed by atoms with Crippen LogP contribution in [0.15, 0.2) is 5.38 Å². The van der Waals surface area contributed by atoms with Gasteiger partial charge in [0.05, 0.1) is 11.7 Å². The molecule has 0 saturated carbocycles. The molecule has 0 spiro atoms. The summed E-state index contributed by atoms with van der Waals surface area (Å²) >= 11 is 1.57. The molecule has 2 heterocycles. The molecule has 0 aliphatic carbocycles. The average molecular weight is 336 g/mol. The van der Waals surface area contributed by atoms with Crippen molar-refractivity contribution in [1.29, 1.82) is 0 Å². The van der Waals surface area contributed by atoms with Gasteiger partial charge in [-0.25, -0.2) is 4.98 Å². The summed E-state index contributed by atoms with van der Waals surface area (Å²) in [6, 6.07) is -0.567. The lowest BCUT2D eigenvalue weighted by molar-refractivity contribution is -0.141. The van der Waals surface area contributed by atoms with Crippen molar-refractivity contribution in [1.82, 2.24) is 15.2 Å². The van der Waals surface area contributed by atoms with Crippen LogP contribution >= 0.6 is 11.3 Å². The van der Waals surface area contributed by atoms with Gasteiger partial charge in [-0.2, -0.15) is 13.2 Å². The fourth-order valence-electron chi connectivity index (χ4n) is 2.29. The Morgan fingerprint density at radius 1 is 1.41 bits per heavy atom. The minimum atomic E-state index is -4.38. The third-order valence-corrected chi connectivity index (χ3v) is 4.60. The zero-order valence-electron chi connectivity index (χ0n) is 12.5. The molecule has 22 heavy (non-hydrogen) atoms. The van der Waals surface area contributed by atoms with Crippen LogP contribution in [0.5, 0.6) is 0 Å². The van der Waals surface area contributed by atoms with E-state index in [1.165, 1.54) is 0 Å². The molecule has 1 aromatic rings. The van der Waals surface area contributed by atoms with Crippen molar-refractivity contribution < 1.29 is 18.0 Å². The molecule has 1 atom stereocenters. The largest absolute Gasteiger partial charge is 0.405 e. The first-order valence-electron chi connectivity index (χ1n) is 7.02. The number of rotatable bonds is 4. The van der Waals surface area contributed by atoms with Crippen LogP contribution in [0.2, 0.25) is 0 Å². The molecule has 1 unspecified atom stereocenters. The van der Waals surface area contributed by atoms with E-state index in [1.54, 1.807) is 18.3 Å². The Hall–Kier alpha value is -1.35. The van der Waals surface area contributed by atoms with Gasteiger partial charge < -0.3 is 10.2 Å². The second-order valence-corrected chi connectivity index (χ2v) is 6.14. The van der Waals surface area contributed by atoms with Crippen molar-refractivity contribution in [2.24, 2.45) is 0 Å². The number of nitrogens with zero attached hydrogens (tertiary/aromatic N) is 3. The van der Waals surface area contributed by atoms with Crippen LogP contribution in [0.4, 0.5) is 18.3 Å². The normalized spacial score (nSPS) is 18.3. The molecule has 1 N–H and O–H groups in total. The minimum absolute atomic E-state index is 0.567. The average Bonchev–Trinajstić information content (AvgIpc) is 2.90. The maximum atomic E-state index is 12.1. The van der Waals surface area contributed by atoms with E-state index in [-0.39, 0.29) is 0 Å². The van der Waals surface area contributed by atoms with E-state index >= 15 is 0 Å². The van der Waals surface area contributed by atoms with Crippen LogP contribution in [0, 0.1) is 6.92 Å². The summed E-state index contributed by atoms with van der Waals surface area (Å²) in [5.41, 5.74) is 0.974. The van der Waals surface area contributed by atoms with Gasteiger partial charge in [-0.15, -0.1) is 11.3 Å². The third kappa shape index (κ3) is 4.57. The van der Waals surface area contributed by atoms with Gasteiger partial charge in [0, 0.05) is 31.6 Å². The summed E-state index contributed by atoms with van der Waals surface area (Å²) in [6.07, 6.45) is -4.38. The Morgan fingerprint density at radius 2 is 2.05 bits per heavy atom. The zero-order chi connectivity index (χ0) is 16.3. The Morgan fingerprint density at radius 3 is 2.55 bits per heavy atom. The number of alkyl halides is 3. The van der Waals surface area contributed by atoms with Crippen LogP contribution in [-0.2, 0) is 4.79 Å². The van der Waals surface area contributed by atoms with Crippen molar-refractivity contribution in [2.45, 2.75) is 26.1 Å². The highest BCUT2D eigenvalue weighted by atomic mass is 32.1. The smallest absolute Gasteiger partial charge is 0.346 e. The molecule has 1 aromatic heterocycles. The number of nitrogens with one attached hydrogen (secondary N) is 1. The maximum Gasteiger partial charge on any atom is 0.405 e. The first-order chi connectivity index (χ1) is 10.3. The molecule has 1 fully saturated rings. The Balaban J connectivity index is 1.81. The highest BCUT2D eigenvalue weighted by molar-refractivity contribution is 7.13. The molecule has 9 heteroatoms. The van der Waals surface area contributed by atoms with Crippen LogP contribution in [0.25, 0.3) is 0 Å². The van der Waals surface area contributed by atoms with Crippen LogP contribution in [0.1, 0.15) is 12.6 Å². The van der Waals surface area contributed by atoms with Gasteiger partial charge in [-0.3, -0.25) is 9.69 Å². The van der Waals surface area contributed by atoms with Crippen molar-refractivity contribution in [3.05, 3.63) is 11.1 Å². The van der Waals surface area contributed by atoms with E-state index in [0.717, 1.165) is 10.8 Å². The lowest BCUT2D eigenvalue weighted by atomic mass is 10.2. The van der Waals surface area contributed by atoms with Gasteiger partial charge in [0.15, 0.2) is 5.13 Å². The SMILES string of the molecule is Cc1csc(N2CCN(C(C)C(=O)NCC(F)(F)F)CC2)n1. The summed E-state index contributed by atoms with van der Waals surface area (Å²) in [5, 5.41) is 4.87. The second-order valence-electron chi connectivity index (χ2n) is 5.30. The van der Waals surface area contributed by atoms with Crippen LogP contribution in [-0.4, -0.2) is 60.7 Å². The van der Waals surface area contributed by atoms with Gasteiger partial charge in [0.2, 0.25) is 5.91 Å². The van der Waals surface area contributed by atoms with Crippen molar-refractivity contribution in [3.8, 4) is 0 Å². The molecule has 0 bridgehead atoms. The van der Waals surface area contributed by atoms with E-state index in [2.05, 4.69) is 9.88 Å². The number of halogens is 3. The first-order valence-corrected chi connectivity index (χ1v) is 7.90.